The summed E-state index contributed by atoms with van der Waals surface area (Å²) in [5, 5.41) is 28.9. The molecule has 1 heterocycles. The maximum atomic E-state index is 12.7. The standard InChI is InChI=1S/C28H29NO8/c1-3-20-16-29(23(27(33)34)13-18-7-5-4-6-8-18)17-22(28(35)36-2)21(20)15-26(32)37-12-11-19-9-10-24(30)25(31)14-19/h3-10,14,16-17,21,23,30-31H,1,11-13,15H2,2H3,(H,33,34)/t21?,23-/m0/s1. The fraction of sp³-hybridized carbons (Fsp3) is 0.250. The topological polar surface area (TPSA) is 134 Å². The summed E-state index contributed by atoms with van der Waals surface area (Å²) >= 11 is 0. The van der Waals surface area contributed by atoms with Crippen LogP contribution >= 0.6 is 0 Å². The Kier molecular flexibility index (Phi) is 9.10. The predicted molar refractivity (Wildman–Crippen MR) is 134 cm³/mol. The Labute approximate surface area is 214 Å². The zero-order valence-corrected chi connectivity index (χ0v) is 20.4. The molecule has 9 heteroatoms. The molecule has 0 fully saturated rings. The third-order valence-electron chi connectivity index (χ3n) is 6.00. The van der Waals surface area contributed by atoms with Gasteiger partial charge < -0.3 is 29.7 Å². The molecular formula is C28H29NO8. The molecular weight excluding hydrogens is 478 g/mol. The van der Waals surface area contributed by atoms with Gasteiger partial charge in [-0.15, -0.1) is 0 Å². The van der Waals surface area contributed by atoms with Crippen LogP contribution in [0.2, 0.25) is 0 Å². The van der Waals surface area contributed by atoms with Crippen LogP contribution in [-0.4, -0.2) is 57.9 Å². The molecule has 2 aromatic carbocycles. The van der Waals surface area contributed by atoms with Crippen molar-refractivity contribution in [2.45, 2.75) is 25.3 Å². The van der Waals surface area contributed by atoms with Gasteiger partial charge in [0.15, 0.2) is 11.5 Å². The number of carboxylic acid groups (broad SMARTS) is 1. The van der Waals surface area contributed by atoms with Gasteiger partial charge in [0, 0.05) is 31.2 Å². The van der Waals surface area contributed by atoms with Crippen molar-refractivity contribution in [3.8, 4) is 11.5 Å². The molecule has 1 aliphatic heterocycles. The van der Waals surface area contributed by atoms with Crippen LogP contribution in [0.25, 0.3) is 0 Å². The highest BCUT2D eigenvalue weighted by Crippen LogP contribution is 2.33. The number of benzene rings is 2. The summed E-state index contributed by atoms with van der Waals surface area (Å²) in [5.74, 6) is -3.61. The van der Waals surface area contributed by atoms with E-state index in [4.69, 9.17) is 9.47 Å². The summed E-state index contributed by atoms with van der Waals surface area (Å²) in [5.41, 5.74) is 2.06. The lowest BCUT2D eigenvalue weighted by Gasteiger charge is -2.32. The number of nitrogens with zero attached hydrogens (tertiary/aromatic N) is 1. The zero-order chi connectivity index (χ0) is 26.9. The van der Waals surface area contributed by atoms with Gasteiger partial charge in [-0.05, 0) is 28.8 Å². The quantitative estimate of drug-likeness (QED) is 0.309. The van der Waals surface area contributed by atoms with Gasteiger partial charge in [0.1, 0.15) is 6.04 Å². The number of ether oxygens (including phenoxy) is 2. The second-order valence-corrected chi connectivity index (χ2v) is 8.45. The molecule has 2 atom stereocenters. The lowest BCUT2D eigenvalue weighted by Crippen LogP contribution is -2.39. The molecule has 194 valence electrons. The number of esters is 2. The van der Waals surface area contributed by atoms with Gasteiger partial charge in [0.2, 0.25) is 0 Å². The van der Waals surface area contributed by atoms with Crippen molar-refractivity contribution in [3.05, 3.63) is 95.9 Å². The van der Waals surface area contributed by atoms with Gasteiger partial charge in [-0.1, -0.05) is 49.1 Å². The summed E-state index contributed by atoms with van der Waals surface area (Å²) in [6, 6.07) is 12.4. The second-order valence-electron chi connectivity index (χ2n) is 8.45. The van der Waals surface area contributed by atoms with E-state index >= 15 is 0 Å². The first-order valence-corrected chi connectivity index (χ1v) is 11.6. The number of aliphatic carboxylic acids is 1. The smallest absolute Gasteiger partial charge is 0.335 e. The predicted octanol–water partition coefficient (Wildman–Crippen LogP) is 3.33. The third kappa shape index (κ3) is 7.00. The number of rotatable bonds is 11. The molecule has 3 N–H and O–H groups in total. The number of aromatic hydroxyl groups is 2. The number of allylic oxidation sites excluding steroid dienone is 2. The van der Waals surface area contributed by atoms with E-state index < -0.39 is 29.9 Å². The molecule has 0 radical (unpaired) electrons. The SMILES string of the molecule is C=CC1=CN([C@@H](Cc2ccccc2)C(=O)O)C=C(C(=O)OC)C1CC(=O)OCCc1ccc(O)c(O)c1. The van der Waals surface area contributed by atoms with E-state index in [-0.39, 0.29) is 36.5 Å². The third-order valence-corrected chi connectivity index (χ3v) is 6.00. The van der Waals surface area contributed by atoms with Gasteiger partial charge in [-0.25, -0.2) is 9.59 Å². The van der Waals surface area contributed by atoms with Crippen LogP contribution < -0.4 is 0 Å². The number of hydrogen-bond acceptors (Lipinski definition) is 8. The van der Waals surface area contributed by atoms with Crippen LogP contribution in [-0.2, 0) is 36.7 Å². The Morgan fingerprint density at radius 3 is 2.41 bits per heavy atom. The lowest BCUT2D eigenvalue weighted by molar-refractivity contribution is -0.145. The van der Waals surface area contributed by atoms with E-state index in [1.807, 2.05) is 30.3 Å². The van der Waals surface area contributed by atoms with Crippen LogP contribution in [0, 0.1) is 5.92 Å². The first-order valence-electron chi connectivity index (χ1n) is 11.6. The number of carboxylic acids is 1. The van der Waals surface area contributed by atoms with Gasteiger partial charge in [-0.3, -0.25) is 4.79 Å². The van der Waals surface area contributed by atoms with E-state index in [1.165, 1.54) is 36.4 Å². The number of carbonyl (C=O) groups is 3. The molecule has 3 rings (SSSR count). The van der Waals surface area contributed by atoms with Gasteiger partial charge in [0.05, 0.1) is 25.7 Å². The van der Waals surface area contributed by atoms with Crippen molar-refractivity contribution in [1.29, 1.82) is 0 Å². The van der Waals surface area contributed by atoms with Crippen molar-refractivity contribution >= 4 is 17.9 Å². The number of methoxy groups -OCH3 is 1. The highest BCUT2D eigenvalue weighted by molar-refractivity contribution is 5.91. The van der Waals surface area contributed by atoms with E-state index in [9.17, 15) is 29.7 Å². The molecule has 37 heavy (non-hydrogen) atoms. The molecule has 0 spiro atoms. The average Bonchev–Trinajstić information content (AvgIpc) is 2.89. The minimum Gasteiger partial charge on any atom is -0.504 e. The number of phenols is 2. The summed E-state index contributed by atoms with van der Waals surface area (Å²) in [6.45, 7) is 3.80. The highest BCUT2D eigenvalue weighted by Gasteiger charge is 2.34. The van der Waals surface area contributed by atoms with Crippen molar-refractivity contribution < 1.29 is 39.2 Å². The maximum Gasteiger partial charge on any atom is 0.335 e. The molecule has 9 nitrogen and oxygen atoms in total. The largest absolute Gasteiger partial charge is 0.504 e. The molecule has 0 saturated carbocycles. The van der Waals surface area contributed by atoms with Gasteiger partial charge in [0.25, 0.3) is 0 Å². The Balaban J connectivity index is 1.76. The van der Waals surface area contributed by atoms with Crippen LogP contribution in [0.5, 0.6) is 11.5 Å². The first kappa shape index (κ1) is 27.1. The molecule has 1 aliphatic rings. The molecule has 1 unspecified atom stereocenters. The number of phenolic OH excluding ortho intramolecular Hbond substituents is 2. The summed E-state index contributed by atoms with van der Waals surface area (Å²) in [7, 11) is 1.21. The van der Waals surface area contributed by atoms with E-state index in [2.05, 4.69) is 6.58 Å². The monoisotopic (exact) mass is 507 g/mol. The van der Waals surface area contributed by atoms with Crippen LogP contribution in [0.15, 0.2) is 84.7 Å². The summed E-state index contributed by atoms with van der Waals surface area (Å²) < 4.78 is 10.3. The van der Waals surface area contributed by atoms with Crippen molar-refractivity contribution in [2.24, 2.45) is 5.92 Å². The molecule has 2 aromatic rings. The van der Waals surface area contributed by atoms with Crippen LogP contribution in [0.1, 0.15) is 17.5 Å². The number of hydrogen-bond donors (Lipinski definition) is 3. The first-order chi connectivity index (χ1) is 17.7. The van der Waals surface area contributed by atoms with E-state index in [0.29, 0.717) is 17.6 Å². The molecule has 0 aliphatic carbocycles. The summed E-state index contributed by atoms with van der Waals surface area (Å²) in [6.07, 6.45) is 4.74. The Morgan fingerprint density at radius 2 is 1.78 bits per heavy atom. The minimum atomic E-state index is -1.08. The molecule has 0 aromatic heterocycles. The Morgan fingerprint density at radius 1 is 1.05 bits per heavy atom. The average molecular weight is 508 g/mol. The van der Waals surface area contributed by atoms with Crippen molar-refractivity contribution in [3.63, 3.8) is 0 Å². The summed E-state index contributed by atoms with van der Waals surface area (Å²) in [4.78, 5) is 38.9. The van der Waals surface area contributed by atoms with Gasteiger partial charge in [-0.2, -0.15) is 0 Å². The van der Waals surface area contributed by atoms with Crippen molar-refractivity contribution in [1.82, 2.24) is 4.90 Å². The Hall–Kier alpha value is -4.53. The van der Waals surface area contributed by atoms with Crippen molar-refractivity contribution in [2.75, 3.05) is 13.7 Å². The lowest BCUT2D eigenvalue weighted by atomic mass is 9.86. The normalized spacial score (nSPS) is 15.7. The van der Waals surface area contributed by atoms with Crippen LogP contribution in [0.4, 0.5) is 0 Å². The van der Waals surface area contributed by atoms with E-state index in [0.717, 1.165) is 5.56 Å². The zero-order valence-electron chi connectivity index (χ0n) is 20.4. The maximum absolute atomic E-state index is 12.7. The molecule has 0 amide bonds. The second kappa shape index (κ2) is 12.4. The fourth-order valence-electron chi connectivity index (χ4n) is 4.04. The minimum absolute atomic E-state index is 0.0183. The molecule has 0 bridgehead atoms. The van der Waals surface area contributed by atoms with Crippen LogP contribution in [0.3, 0.4) is 0 Å². The highest BCUT2D eigenvalue weighted by atomic mass is 16.5. The Bertz CT molecular complexity index is 1220. The molecule has 0 saturated heterocycles. The number of carbonyl (C=O) groups excluding carboxylic acids is 2. The van der Waals surface area contributed by atoms with Gasteiger partial charge >= 0.3 is 17.9 Å². The fourth-order valence-corrected chi connectivity index (χ4v) is 4.04. The van der Waals surface area contributed by atoms with E-state index in [1.54, 1.807) is 12.3 Å².